The second-order valence-corrected chi connectivity index (χ2v) is 11.7. The summed E-state index contributed by atoms with van der Waals surface area (Å²) >= 11 is 0. The number of fused-ring (bicyclic) bond motifs is 1. The third-order valence-corrected chi connectivity index (χ3v) is 8.35. The largest absolute Gasteiger partial charge is 0.446 e. The third-order valence-electron chi connectivity index (χ3n) is 8.35. The fraction of sp³-hybridized carbons (Fsp3) is 0.412. The van der Waals surface area contributed by atoms with Gasteiger partial charge in [-0.2, -0.15) is 5.10 Å². The molecular weight excluding hydrogens is 607 g/mol. The molecule has 1 aliphatic carbocycles. The Balaban J connectivity index is 1.05. The van der Waals surface area contributed by atoms with Crippen LogP contribution in [0.5, 0.6) is 0 Å². The van der Waals surface area contributed by atoms with Gasteiger partial charge in [-0.05, 0) is 55.9 Å². The van der Waals surface area contributed by atoms with Gasteiger partial charge in [-0.1, -0.05) is 36.4 Å². The van der Waals surface area contributed by atoms with Crippen molar-refractivity contribution in [3.05, 3.63) is 87.6 Å². The molecule has 12 nitrogen and oxygen atoms in total. The summed E-state index contributed by atoms with van der Waals surface area (Å²) in [6.45, 7) is 1.10. The zero-order valence-electron chi connectivity index (χ0n) is 26.1. The first-order chi connectivity index (χ1) is 22.8. The molecule has 1 aromatic heterocycles. The number of rotatable bonds is 9. The minimum absolute atomic E-state index is 0.0882. The molecule has 13 heteroatoms. The number of benzene rings is 2. The van der Waals surface area contributed by atoms with Gasteiger partial charge in [0.1, 0.15) is 18.3 Å². The van der Waals surface area contributed by atoms with Crippen LogP contribution in [0.1, 0.15) is 60.1 Å². The van der Waals surface area contributed by atoms with Gasteiger partial charge >= 0.3 is 6.09 Å². The van der Waals surface area contributed by atoms with Crippen molar-refractivity contribution in [2.45, 2.75) is 51.0 Å². The van der Waals surface area contributed by atoms with Crippen LogP contribution in [0.3, 0.4) is 0 Å². The number of hydrogen-bond donors (Lipinski definition) is 3. The summed E-state index contributed by atoms with van der Waals surface area (Å²) in [6, 6.07) is 11.4. The Kier molecular flexibility index (Phi) is 11.3. The van der Waals surface area contributed by atoms with Crippen LogP contribution in [0.4, 0.5) is 9.18 Å². The Morgan fingerprint density at radius 3 is 2.45 bits per heavy atom. The zero-order valence-corrected chi connectivity index (χ0v) is 26.1. The number of carbonyl (C=O) groups is 4. The van der Waals surface area contributed by atoms with Gasteiger partial charge in [0, 0.05) is 51.1 Å². The summed E-state index contributed by atoms with van der Waals surface area (Å²) in [5.41, 5.74) is 0.856. The van der Waals surface area contributed by atoms with Crippen LogP contribution >= 0.6 is 0 Å². The Hall–Kier alpha value is -5.07. The van der Waals surface area contributed by atoms with E-state index in [2.05, 4.69) is 33.0 Å². The molecule has 1 unspecified atom stereocenters. The predicted octanol–water partition coefficient (Wildman–Crippen LogP) is 3.06. The van der Waals surface area contributed by atoms with E-state index in [-0.39, 0.29) is 75.2 Å². The highest BCUT2D eigenvalue weighted by molar-refractivity contribution is 5.97. The first-order valence-electron chi connectivity index (χ1n) is 16.0. The molecule has 1 atom stereocenters. The van der Waals surface area contributed by atoms with Crippen LogP contribution in [-0.4, -0.2) is 89.2 Å². The number of nitrogens with zero attached hydrogens (tertiary/aromatic N) is 3. The molecule has 248 valence electrons. The quantitative estimate of drug-likeness (QED) is 0.184. The van der Waals surface area contributed by atoms with Crippen molar-refractivity contribution in [1.82, 2.24) is 30.6 Å². The molecule has 1 aliphatic heterocycles. The number of nitrogens with one attached hydrogen (secondary N) is 3. The van der Waals surface area contributed by atoms with Crippen LogP contribution < -0.4 is 16.2 Å². The Morgan fingerprint density at radius 2 is 1.64 bits per heavy atom. The summed E-state index contributed by atoms with van der Waals surface area (Å²) in [5.74, 6) is -2.01. The van der Waals surface area contributed by atoms with Crippen LogP contribution in [0.25, 0.3) is 10.8 Å². The van der Waals surface area contributed by atoms with Crippen LogP contribution in [0, 0.1) is 5.82 Å². The van der Waals surface area contributed by atoms with Crippen molar-refractivity contribution < 1.29 is 28.3 Å². The molecule has 2 aromatic carbocycles. The number of H-pyrrole nitrogens is 1. The van der Waals surface area contributed by atoms with Crippen LogP contribution in [0.2, 0.25) is 0 Å². The molecule has 3 N–H and O–H groups in total. The molecule has 4 amide bonds. The molecule has 0 saturated carbocycles. The molecule has 2 heterocycles. The first-order valence-corrected chi connectivity index (χ1v) is 16.0. The highest BCUT2D eigenvalue weighted by Gasteiger charge is 2.27. The summed E-state index contributed by atoms with van der Waals surface area (Å²) in [5, 5.41) is 13.1. The van der Waals surface area contributed by atoms with E-state index < -0.39 is 23.7 Å². The average Bonchev–Trinajstić information content (AvgIpc) is 3.06. The van der Waals surface area contributed by atoms with E-state index in [0.717, 1.165) is 32.1 Å². The molecular formula is C34H39FN6O6. The molecule has 47 heavy (non-hydrogen) atoms. The maximum atomic E-state index is 14.8. The smallest absolute Gasteiger partial charge is 0.407 e. The summed E-state index contributed by atoms with van der Waals surface area (Å²) in [4.78, 5) is 65.6. The Morgan fingerprint density at radius 1 is 0.915 bits per heavy atom. The van der Waals surface area contributed by atoms with Gasteiger partial charge in [-0.25, -0.2) is 14.3 Å². The van der Waals surface area contributed by atoms with E-state index in [9.17, 15) is 28.4 Å². The van der Waals surface area contributed by atoms with E-state index >= 15 is 0 Å². The van der Waals surface area contributed by atoms with Gasteiger partial charge in [0.15, 0.2) is 0 Å². The summed E-state index contributed by atoms with van der Waals surface area (Å²) in [7, 11) is 0. The lowest BCUT2D eigenvalue weighted by Gasteiger charge is -2.34. The monoisotopic (exact) mass is 646 g/mol. The van der Waals surface area contributed by atoms with Crippen molar-refractivity contribution in [3.8, 4) is 0 Å². The van der Waals surface area contributed by atoms with Crippen molar-refractivity contribution >= 4 is 34.6 Å². The standard InChI is InChI=1S/C34H39FN6O6/c35-28-13-12-23(21-29-25-10-6-7-11-26(25)32(44)39-38-29)20-27(28)33(45)41-18-16-40(17-19-41)31(43)22-30(42)36-14-15-37-34(46)47-24-8-4-2-1-3-5-9-24/h1-2,6-7,10-13,20,24H,3-5,8-9,14-19,21-22H2,(H,36,42)(H,37,46)(H,39,44)/b2-1+. The predicted molar refractivity (Wildman–Crippen MR) is 172 cm³/mol. The van der Waals surface area contributed by atoms with Crippen molar-refractivity contribution in [1.29, 1.82) is 0 Å². The topological polar surface area (TPSA) is 154 Å². The van der Waals surface area contributed by atoms with Crippen LogP contribution in [-0.2, 0) is 20.7 Å². The van der Waals surface area contributed by atoms with E-state index in [0.29, 0.717) is 22.0 Å². The van der Waals surface area contributed by atoms with Gasteiger partial charge in [-0.3, -0.25) is 19.2 Å². The van der Waals surface area contributed by atoms with E-state index in [1.807, 2.05) is 0 Å². The second kappa shape index (κ2) is 16.0. The normalized spacial score (nSPS) is 17.3. The molecule has 0 spiro atoms. The number of ether oxygens (including phenoxy) is 1. The number of carbonyl (C=O) groups excluding carboxylic acids is 4. The number of halogens is 1. The molecule has 5 rings (SSSR count). The summed E-state index contributed by atoms with van der Waals surface area (Å²) in [6.07, 6.45) is 7.93. The number of amides is 4. The van der Waals surface area contributed by atoms with Crippen molar-refractivity contribution in [2.75, 3.05) is 39.3 Å². The van der Waals surface area contributed by atoms with Gasteiger partial charge in [0.25, 0.3) is 11.5 Å². The lowest BCUT2D eigenvalue weighted by molar-refractivity contribution is -0.137. The SMILES string of the molecule is O=C(CC(=O)N1CCN(C(=O)c2cc(Cc3n[nH]c(=O)c4ccccc34)ccc2F)CC1)NCCNC(=O)OC1CC/C=C/CCC1. The highest BCUT2D eigenvalue weighted by Crippen LogP contribution is 2.20. The molecule has 0 radical (unpaired) electrons. The van der Waals surface area contributed by atoms with E-state index in [1.54, 1.807) is 30.3 Å². The lowest BCUT2D eigenvalue weighted by atomic mass is 10.0. The number of allylic oxidation sites excluding steroid dienone is 2. The van der Waals surface area contributed by atoms with E-state index in [1.165, 1.54) is 21.9 Å². The molecule has 1 saturated heterocycles. The van der Waals surface area contributed by atoms with Crippen LogP contribution in [0.15, 0.2) is 59.4 Å². The highest BCUT2D eigenvalue weighted by atomic mass is 19.1. The van der Waals surface area contributed by atoms with Crippen molar-refractivity contribution in [3.63, 3.8) is 0 Å². The van der Waals surface area contributed by atoms with Crippen molar-refractivity contribution in [2.24, 2.45) is 0 Å². The minimum atomic E-state index is -0.659. The Bertz CT molecular complexity index is 1700. The Labute approximate surface area is 271 Å². The lowest BCUT2D eigenvalue weighted by Crippen LogP contribution is -2.51. The molecule has 1 fully saturated rings. The fourth-order valence-corrected chi connectivity index (χ4v) is 5.79. The average molecular weight is 647 g/mol. The zero-order chi connectivity index (χ0) is 33.2. The van der Waals surface area contributed by atoms with Gasteiger partial charge in [-0.15, -0.1) is 0 Å². The molecule has 0 bridgehead atoms. The minimum Gasteiger partial charge on any atom is -0.446 e. The summed E-state index contributed by atoms with van der Waals surface area (Å²) < 4.78 is 20.3. The number of aromatic nitrogens is 2. The number of piperazine rings is 1. The second-order valence-electron chi connectivity index (χ2n) is 11.7. The number of aromatic amines is 1. The third kappa shape index (κ3) is 9.02. The fourth-order valence-electron chi connectivity index (χ4n) is 5.79. The molecule has 2 aliphatic rings. The van der Waals surface area contributed by atoms with Gasteiger partial charge in [0.05, 0.1) is 16.6 Å². The van der Waals surface area contributed by atoms with E-state index in [4.69, 9.17) is 4.74 Å². The van der Waals surface area contributed by atoms with Gasteiger partial charge < -0.3 is 25.2 Å². The number of alkyl carbamates (subject to hydrolysis) is 1. The first kappa shape index (κ1) is 33.3. The van der Waals surface area contributed by atoms with Gasteiger partial charge in [0.2, 0.25) is 11.8 Å². The number of hydrogen-bond acceptors (Lipinski definition) is 7. The molecule has 3 aromatic rings. The maximum absolute atomic E-state index is 14.8. The maximum Gasteiger partial charge on any atom is 0.407 e.